The maximum atomic E-state index is 12.6. The SMILES string of the molecule is CC.CC.O=C1Cn2nccc2CCN1C1CCN(CCCC2CCNCC2)CC1. The predicted octanol–water partition coefficient (Wildman–Crippen LogP) is 3.56. The van der Waals surface area contributed by atoms with Crippen LogP contribution in [0, 0.1) is 5.92 Å². The van der Waals surface area contributed by atoms with Gasteiger partial charge in [0.2, 0.25) is 5.91 Å². The average molecular weight is 420 g/mol. The Labute approximate surface area is 184 Å². The van der Waals surface area contributed by atoms with E-state index in [0.717, 1.165) is 44.8 Å². The van der Waals surface area contributed by atoms with Crippen molar-refractivity contribution in [2.45, 2.75) is 85.2 Å². The lowest BCUT2D eigenvalue weighted by Crippen LogP contribution is -2.48. The minimum atomic E-state index is 0.247. The van der Waals surface area contributed by atoms with Gasteiger partial charge in [0, 0.05) is 44.0 Å². The summed E-state index contributed by atoms with van der Waals surface area (Å²) in [6, 6.07) is 2.47. The van der Waals surface area contributed by atoms with E-state index in [1.807, 2.05) is 38.4 Å². The second-order valence-corrected chi connectivity index (χ2v) is 8.23. The number of aromatic nitrogens is 2. The number of nitrogens with one attached hydrogen (secondary N) is 1. The van der Waals surface area contributed by atoms with E-state index in [-0.39, 0.29) is 5.91 Å². The van der Waals surface area contributed by atoms with Crippen molar-refractivity contribution in [3.05, 3.63) is 18.0 Å². The molecule has 4 rings (SSSR count). The van der Waals surface area contributed by atoms with Crippen LogP contribution < -0.4 is 5.32 Å². The second kappa shape index (κ2) is 13.8. The van der Waals surface area contributed by atoms with Gasteiger partial charge in [-0.2, -0.15) is 5.10 Å². The zero-order valence-corrected chi connectivity index (χ0v) is 19.9. The normalized spacial score (nSPS) is 21.1. The summed E-state index contributed by atoms with van der Waals surface area (Å²) in [5, 5.41) is 7.74. The van der Waals surface area contributed by atoms with Gasteiger partial charge in [-0.3, -0.25) is 9.48 Å². The quantitative estimate of drug-likeness (QED) is 0.793. The third-order valence-corrected chi connectivity index (χ3v) is 6.56. The van der Waals surface area contributed by atoms with Gasteiger partial charge >= 0.3 is 0 Å². The highest BCUT2D eigenvalue weighted by Crippen LogP contribution is 2.22. The molecular weight excluding hydrogens is 374 g/mol. The largest absolute Gasteiger partial charge is 0.338 e. The fraction of sp³-hybridized carbons (Fsp3) is 0.833. The van der Waals surface area contributed by atoms with E-state index in [0.29, 0.717) is 12.6 Å². The van der Waals surface area contributed by atoms with Crippen LogP contribution in [0.4, 0.5) is 0 Å². The summed E-state index contributed by atoms with van der Waals surface area (Å²) in [6.07, 6.45) is 10.4. The molecule has 1 amide bonds. The smallest absolute Gasteiger partial charge is 0.244 e. The van der Waals surface area contributed by atoms with Crippen molar-refractivity contribution in [2.75, 3.05) is 39.3 Å². The number of hydrogen-bond acceptors (Lipinski definition) is 4. The fourth-order valence-electron chi connectivity index (χ4n) is 4.91. The summed E-state index contributed by atoms with van der Waals surface area (Å²) < 4.78 is 1.87. The zero-order valence-electron chi connectivity index (χ0n) is 19.9. The van der Waals surface area contributed by atoms with Gasteiger partial charge in [-0.1, -0.05) is 27.7 Å². The number of amides is 1. The van der Waals surface area contributed by atoms with Crippen LogP contribution in [0.25, 0.3) is 0 Å². The highest BCUT2D eigenvalue weighted by Gasteiger charge is 2.30. The Morgan fingerprint density at radius 1 is 1.03 bits per heavy atom. The minimum absolute atomic E-state index is 0.247. The van der Waals surface area contributed by atoms with Crippen LogP contribution >= 0.6 is 0 Å². The maximum absolute atomic E-state index is 12.6. The van der Waals surface area contributed by atoms with E-state index in [2.05, 4.69) is 20.2 Å². The van der Waals surface area contributed by atoms with Gasteiger partial charge in [0.1, 0.15) is 6.54 Å². The van der Waals surface area contributed by atoms with Gasteiger partial charge in [0.25, 0.3) is 0 Å². The molecule has 0 spiro atoms. The first-order valence-electron chi connectivity index (χ1n) is 12.5. The second-order valence-electron chi connectivity index (χ2n) is 8.23. The van der Waals surface area contributed by atoms with Crippen LogP contribution in [0.1, 0.15) is 71.9 Å². The Hall–Kier alpha value is -1.40. The molecular formula is C24H45N5O. The first kappa shape index (κ1) is 24.9. The van der Waals surface area contributed by atoms with Gasteiger partial charge in [0.05, 0.1) is 0 Å². The molecule has 2 fully saturated rings. The van der Waals surface area contributed by atoms with Crippen molar-refractivity contribution in [1.29, 1.82) is 0 Å². The summed E-state index contributed by atoms with van der Waals surface area (Å²) in [7, 11) is 0. The average Bonchev–Trinajstić information content (AvgIpc) is 3.18. The number of carbonyl (C=O) groups excluding carboxylic acids is 1. The molecule has 0 unspecified atom stereocenters. The molecule has 1 aromatic heterocycles. The standard InChI is InChI=1S/C20H33N5O.2C2H6/c26-20-16-25-19(5-11-22-25)8-15-24(20)18-6-13-23(14-7-18)12-1-2-17-3-9-21-10-4-17;2*1-2/h5,11,17-18,21H,1-4,6-10,12-16H2;2*1-2H3. The summed E-state index contributed by atoms with van der Waals surface area (Å²) >= 11 is 0. The summed E-state index contributed by atoms with van der Waals surface area (Å²) in [5.41, 5.74) is 1.19. The molecule has 0 aliphatic carbocycles. The topological polar surface area (TPSA) is 53.4 Å². The van der Waals surface area contributed by atoms with Crippen LogP contribution in [0.5, 0.6) is 0 Å². The summed E-state index contributed by atoms with van der Waals surface area (Å²) in [4.78, 5) is 17.4. The first-order chi connectivity index (χ1) is 14.8. The molecule has 3 aliphatic heterocycles. The lowest BCUT2D eigenvalue weighted by Gasteiger charge is -2.38. The van der Waals surface area contributed by atoms with Crippen molar-refractivity contribution in [3.8, 4) is 0 Å². The molecule has 172 valence electrons. The molecule has 0 radical (unpaired) electrons. The minimum Gasteiger partial charge on any atom is -0.338 e. The lowest BCUT2D eigenvalue weighted by molar-refractivity contribution is -0.134. The molecule has 2 saturated heterocycles. The number of fused-ring (bicyclic) bond motifs is 1. The molecule has 1 aromatic rings. The Morgan fingerprint density at radius 3 is 2.43 bits per heavy atom. The third-order valence-electron chi connectivity index (χ3n) is 6.56. The number of hydrogen-bond donors (Lipinski definition) is 1. The molecule has 6 heteroatoms. The van der Waals surface area contributed by atoms with Crippen LogP contribution in [0.15, 0.2) is 12.3 Å². The number of piperidine rings is 2. The lowest BCUT2D eigenvalue weighted by atomic mass is 9.93. The fourth-order valence-corrected chi connectivity index (χ4v) is 4.91. The number of carbonyl (C=O) groups is 1. The molecule has 30 heavy (non-hydrogen) atoms. The first-order valence-corrected chi connectivity index (χ1v) is 12.5. The zero-order chi connectivity index (χ0) is 21.8. The van der Waals surface area contributed by atoms with E-state index in [4.69, 9.17) is 0 Å². The Morgan fingerprint density at radius 2 is 1.73 bits per heavy atom. The van der Waals surface area contributed by atoms with E-state index >= 15 is 0 Å². The Balaban J connectivity index is 0.000000757. The van der Waals surface area contributed by atoms with Crippen LogP contribution in [0.2, 0.25) is 0 Å². The molecule has 0 aromatic carbocycles. The summed E-state index contributed by atoms with van der Waals surface area (Å²) in [6.45, 7) is 15.2. The highest BCUT2D eigenvalue weighted by atomic mass is 16.2. The van der Waals surface area contributed by atoms with E-state index in [1.54, 1.807) is 6.20 Å². The van der Waals surface area contributed by atoms with Gasteiger partial charge in [-0.15, -0.1) is 0 Å². The van der Waals surface area contributed by atoms with Gasteiger partial charge in [0.15, 0.2) is 0 Å². The van der Waals surface area contributed by atoms with Gasteiger partial charge < -0.3 is 15.1 Å². The number of nitrogens with zero attached hydrogens (tertiary/aromatic N) is 4. The maximum Gasteiger partial charge on any atom is 0.244 e. The molecule has 1 N–H and O–H groups in total. The van der Waals surface area contributed by atoms with Crippen LogP contribution in [-0.4, -0.2) is 70.8 Å². The Bertz CT molecular complexity index is 588. The van der Waals surface area contributed by atoms with Crippen LogP contribution in [0.3, 0.4) is 0 Å². The van der Waals surface area contributed by atoms with E-state index < -0.39 is 0 Å². The molecule has 6 nitrogen and oxygen atoms in total. The van der Waals surface area contributed by atoms with Crippen molar-refractivity contribution in [1.82, 2.24) is 24.9 Å². The Kier molecular flexibility index (Phi) is 11.4. The summed E-state index contributed by atoms with van der Waals surface area (Å²) in [5.74, 6) is 1.19. The molecule has 0 atom stereocenters. The van der Waals surface area contributed by atoms with Crippen molar-refractivity contribution >= 4 is 5.91 Å². The monoisotopic (exact) mass is 419 g/mol. The van der Waals surface area contributed by atoms with Gasteiger partial charge in [-0.05, 0) is 70.1 Å². The van der Waals surface area contributed by atoms with Crippen molar-refractivity contribution < 1.29 is 4.79 Å². The highest BCUT2D eigenvalue weighted by molar-refractivity contribution is 5.76. The van der Waals surface area contributed by atoms with Crippen LogP contribution in [-0.2, 0) is 17.8 Å². The van der Waals surface area contributed by atoms with Crippen molar-refractivity contribution in [3.63, 3.8) is 0 Å². The third kappa shape index (κ3) is 7.09. The van der Waals surface area contributed by atoms with E-state index in [1.165, 1.54) is 51.0 Å². The molecule has 0 bridgehead atoms. The molecule has 3 aliphatic rings. The van der Waals surface area contributed by atoms with E-state index in [9.17, 15) is 4.79 Å². The molecule has 4 heterocycles. The van der Waals surface area contributed by atoms with Gasteiger partial charge in [-0.25, -0.2) is 0 Å². The number of likely N-dealkylation sites (tertiary alicyclic amines) is 1. The molecule has 0 saturated carbocycles. The number of rotatable bonds is 5. The van der Waals surface area contributed by atoms with Crippen molar-refractivity contribution in [2.24, 2.45) is 5.92 Å². The predicted molar refractivity (Wildman–Crippen MR) is 125 cm³/mol.